The number of hydrogen-bond donors (Lipinski definition) is 0. The largest absolute Gasteiger partial charge is 0.303 e. The maximum Gasteiger partial charge on any atom is 0.133 e. The molecule has 0 N–H and O–H groups in total. The van der Waals surface area contributed by atoms with Gasteiger partial charge < -0.3 is 9.80 Å². The van der Waals surface area contributed by atoms with Gasteiger partial charge in [0.05, 0.1) is 0 Å². The normalized spacial score (nSPS) is 28.1. The first-order valence-corrected chi connectivity index (χ1v) is 7.53. The van der Waals surface area contributed by atoms with Crippen LogP contribution in [0.5, 0.6) is 0 Å². The number of piperidine rings is 1. The smallest absolute Gasteiger partial charge is 0.133 e. The van der Waals surface area contributed by atoms with Crippen LogP contribution in [0.4, 0.5) is 0 Å². The van der Waals surface area contributed by atoms with Crippen LogP contribution in [0.2, 0.25) is 0 Å². The predicted octanol–water partition coefficient (Wildman–Crippen LogP) is 2.02. The van der Waals surface area contributed by atoms with Gasteiger partial charge in [0.1, 0.15) is 5.78 Å². The molecule has 0 amide bonds. The van der Waals surface area contributed by atoms with E-state index in [-0.39, 0.29) is 0 Å². The second-order valence-corrected chi connectivity index (χ2v) is 6.43. The van der Waals surface area contributed by atoms with Crippen LogP contribution < -0.4 is 0 Å². The molecule has 3 heteroatoms. The summed E-state index contributed by atoms with van der Waals surface area (Å²) in [5.41, 5.74) is 0. The fourth-order valence-electron chi connectivity index (χ4n) is 3.37. The minimum atomic E-state index is 0.344. The highest BCUT2D eigenvalue weighted by Crippen LogP contribution is 2.23. The van der Waals surface area contributed by atoms with Crippen molar-refractivity contribution in [3.05, 3.63) is 0 Å². The Balaban J connectivity index is 1.71. The molecule has 0 aromatic rings. The highest BCUT2D eigenvalue weighted by Gasteiger charge is 2.28. The number of nitrogens with zero attached hydrogens (tertiary/aromatic N) is 2. The minimum absolute atomic E-state index is 0.344. The molecule has 0 aliphatic carbocycles. The van der Waals surface area contributed by atoms with Crippen LogP contribution in [0.1, 0.15) is 40.0 Å². The number of carbonyl (C=O) groups excluding carboxylic acids is 1. The Bertz CT molecular complexity index is 282. The zero-order valence-corrected chi connectivity index (χ0v) is 12.2. The molecule has 2 fully saturated rings. The van der Waals surface area contributed by atoms with Crippen molar-refractivity contribution in [2.24, 2.45) is 11.8 Å². The molecule has 2 saturated heterocycles. The number of likely N-dealkylation sites (tertiary alicyclic amines) is 2. The molecular weight excluding hydrogens is 224 g/mol. The van der Waals surface area contributed by atoms with E-state index in [2.05, 4.69) is 23.6 Å². The van der Waals surface area contributed by atoms with Gasteiger partial charge in [-0.15, -0.1) is 0 Å². The van der Waals surface area contributed by atoms with Gasteiger partial charge in [-0.2, -0.15) is 0 Å². The van der Waals surface area contributed by atoms with E-state index in [4.69, 9.17) is 0 Å². The third kappa shape index (κ3) is 3.55. The standard InChI is InChI=1S/C15H28N2O/c1-12(2)17-9-4-14(11-17)10-16-7-5-15(6-8-16)13(3)18/h12,14-15H,4-11H2,1-3H3. The lowest BCUT2D eigenvalue weighted by Gasteiger charge is -2.32. The van der Waals surface area contributed by atoms with Crippen LogP contribution in [-0.2, 0) is 4.79 Å². The summed E-state index contributed by atoms with van der Waals surface area (Å²) in [6.45, 7) is 12.4. The quantitative estimate of drug-likeness (QED) is 0.765. The Hall–Kier alpha value is -0.410. The predicted molar refractivity (Wildman–Crippen MR) is 74.7 cm³/mol. The average molecular weight is 252 g/mol. The topological polar surface area (TPSA) is 23.6 Å². The monoisotopic (exact) mass is 252 g/mol. The Morgan fingerprint density at radius 2 is 1.83 bits per heavy atom. The maximum atomic E-state index is 11.3. The summed E-state index contributed by atoms with van der Waals surface area (Å²) < 4.78 is 0. The summed E-state index contributed by atoms with van der Waals surface area (Å²) in [5, 5.41) is 0. The first-order valence-electron chi connectivity index (χ1n) is 7.53. The minimum Gasteiger partial charge on any atom is -0.303 e. The van der Waals surface area contributed by atoms with Crippen LogP contribution in [0.3, 0.4) is 0 Å². The maximum absolute atomic E-state index is 11.3. The molecule has 0 radical (unpaired) electrons. The summed E-state index contributed by atoms with van der Waals surface area (Å²) in [4.78, 5) is 16.5. The van der Waals surface area contributed by atoms with Crippen LogP contribution in [0.25, 0.3) is 0 Å². The Morgan fingerprint density at radius 3 is 2.33 bits per heavy atom. The van der Waals surface area contributed by atoms with Crippen molar-refractivity contribution in [1.29, 1.82) is 0 Å². The van der Waals surface area contributed by atoms with E-state index in [9.17, 15) is 4.79 Å². The van der Waals surface area contributed by atoms with Crippen molar-refractivity contribution in [3.8, 4) is 0 Å². The van der Waals surface area contributed by atoms with E-state index in [0.717, 1.165) is 31.8 Å². The molecule has 0 bridgehead atoms. The lowest BCUT2D eigenvalue weighted by molar-refractivity contribution is -0.122. The molecule has 2 aliphatic rings. The zero-order valence-electron chi connectivity index (χ0n) is 12.2. The van der Waals surface area contributed by atoms with Crippen molar-refractivity contribution in [3.63, 3.8) is 0 Å². The van der Waals surface area contributed by atoms with Crippen LogP contribution in [0.15, 0.2) is 0 Å². The van der Waals surface area contributed by atoms with E-state index < -0.39 is 0 Å². The van der Waals surface area contributed by atoms with E-state index in [0.29, 0.717) is 17.7 Å². The second kappa shape index (κ2) is 6.16. The van der Waals surface area contributed by atoms with Gasteiger partial charge in [-0.3, -0.25) is 4.79 Å². The zero-order chi connectivity index (χ0) is 13.1. The molecule has 0 aromatic heterocycles. The SMILES string of the molecule is CC(=O)C1CCN(CC2CCN(C(C)C)C2)CC1. The molecule has 104 valence electrons. The molecular formula is C15H28N2O. The molecule has 0 aromatic carbocycles. The molecule has 2 aliphatic heterocycles. The molecule has 1 atom stereocenters. The van der Waals surface area contributed by atoms with Crippen molar-refractivity contribution < 1.29 is 4.79 Å². The van der Waals surface area contributed by atoms with E-state index in [1.165, 1.54) is 26.1 Å². The summed E-state index contributed by atoms with van der Waals surface area (Å²) in [7, 11) is 0. The van der Waals surface area contributed by atoms with Crippen molar-refractivity contribution in [1.82, 2.24) is 9.80 Å². The Morgan fingerprint density at radius 1 is 1.17 bits per heavy atom. The van der Waals surface area contributed by atoms with E-state index >= 15 is 0 Å². The van der Waals surface area contributed by atoms with E-state index in [1.54, 1.807) is 6.92 Å². The van der Waals surface area contributed by atoms with Gasteiger partial charge in [-0.05, 0) is 65.6 Å². The number of ketones is 1. The van der Waals surface area contributed by atoms with Gasteiger partial charge >= 0.3 is 0 Å². The van der Waals surface area contributed by atoms with Gasteiger partial charge in [0.25, 0.3) is 0 Å². The molecule has 18 heavy (non-hydrogen) atoms. The molecule has 3 nitrogen and oxygen atoms in total. The van der Waals surface area contributed by atoms with Gasteiger partial charge in [0.15, 0.2) is 0 Å². The van der Waals surface area contributed by atoms with Gasteiger partial charge in [0.2, 0.25) is 0 Å². The fraction of sp³-hybridized carbons (Fsp3) is 0.933. The summed E-state index contributed by atoms with van der Waals surface area (Å²) >= 11 is 0. The van der Waals surface area contributed by atoms with Crippen LogP contribution >= 0.6 is 0 Å². The van der Waals surface area contributed by atoms with Crippen molar-refractivity contribution >= 4 is 5.78 Å². The van der Waals surface area contributed by atoms with Gasteiger partial charge in [-0.25, -0.2) is 0 Å². The molecule has 2 rings (SSSR count). The molecule has 1 unspecified atom stereocenters. The van der Waals surface area contributed by atoms with Gasteiger partial charge in [-0.1, -0.05) is 0 Å². The highest BCUT2D eigenvalue weighted by atomic mass is 16.1. The number of Topliss-reactive ketones (excluding diaryl/α,β-unsaturated/α-hetero) is 1. The fourth-order valence-corrected chi connectivity index (χ4v) is 3.37. The first-order chi connectivity index (χ1) is 8.56. The molecule has 0 saturated carbocycles. The lowest BCUT2D eigenvalue weighted by atomic mass is 9.93. The Kier molecular flexibility index (Phi) is 4.79. The molecule has 2 heterocycles. The van der Waals surface area contributed by atoms with Gasteiger partial charge in [0, 0.05) is 25.0 Å². The Labute approximate surface area is 112 Å². The van der Waals surface area contributed by atoms with Crippen molar-refractivity contribution in [2.75, 3.05) is 32.7 Å². The van der Waals surface area contributed by atoms with E-state index in [1.807, 2.05) is 0 Å². The summed E-state index contributed by atoms with van der Waals surface area (Å²) in [5.74, 6) is 1.58. The third-order valence-electron chi connectivity index (χ3n) is 4.73. The average Bonchev–Trinajstić information content (AvgIpc) is 2.78. The number of hydrogen-bond acceptors (Lipinski definition) is 3. The number of carbonyl (C=O) groups is 1. The summed E-state index contributed by atoms with van der Waals surface area (Å²) in [6.07, 6.45) is 3.51. The van der Waals surface area contributed by atoms with Crippen molar-refractivity contribution in [2.45, 2.75) is 46.1 Å². The second-order valence-electron chi connectivity index (χ2n) is 6.43. The third-order valence-corrected chi connectivity index (χ3v) is 4.73. The first kappa shape index (κ1) is 14.0. The molecule has 0 spiro atoms. The summed E-state index contributed by atoms with van der Waals surface area (Å²) in [6, 6.07) is 0.693. The number of rotatable bonds is 4. The lowest BCUT2D eigenvalue weighted by Crippen LogP contribution is -2.39. The van der Waals surface area contributed by atoms with Crippen LogP contribution in [-0.4, -0.2) is 54.3 Å². The highest BCUT2D eigenvalue weighted by molar-refractivity contribution is 5.78. The van der Waals surface area contributed by atoms with Crippen LogP contribution in [0, 0.1) is 11.8 Å².